The Morgan fingerprint density at radius 3 is 1.23 bits per heavy atom. The monoisotopic (exact) mass is 837 g/mol. The summed E-state index contributed by atoms with van der Waals surface area (Å²) in [6.45, 7) is 4.53. The number of nitrogens with zero attached hydrogens (tertiary/aromatic N) is 1. The molecule has 0 bridgehead atoms. The van der Waals surface area contributed by atoms with E-state index < -0.39 is 0 Å². The molecule has 0 amide bonds. The van der Waals surface area contributed by atoms with E-state index in [9.17, 15) is 0 Å². The van der Waals surface area contributed by atoms with Crippen molar-refractivity contribution in [3.05, 3.63) is 209 Å². The van der Waals surface area contributed by atoms with Crippen molar-refractivity contribution >= 4 is 38.6 Å². The van der Waals surface area contributed by atoms with Gasteiger partial charge in [0.05, 0.1) is 0 Å². The Morgan fingerprint density at radius 2 is 0.785 bits per heavy atom. The molecule has 4 aliphatic carbocycles. The molecule has 1 heteroatoms. The Hall–Kier alpha value is -6.70. The molecule has 9 aromatic rings. The molecule has 65 heavy (non-hydrogen) atoms. The molecule has 13 rings (SSSR count). The molecule has 0 aromatic heterocycles. The van der Waals surface area contributed by atoms with Gasteiger partial charge in [0.15, 0.2) is 0 Å². The van der Waals surface area contributed by atoms with Gasteiger partial charge in [-0.25, -0.2) is 0 Å². The van der Waals surface area contributed by atoms with Crippen molar-refractivity contribution in [2.75, 3.05) is 4.90 Å². The highest BCUT2D eigenvalue weighted by atomic mass is 15.1. The predicted molar refractivity (Wildman–Crippen MR) is 275 cm³/mol. The predicted octanol–water partition coefficient (Wildman–Crippen LogP) is 17.9. The minimum absolute atomic E-state index is 0.0241. The van der Waals surface area contributed by atoms with E-state index in [2.05, 4.69) is 195 Å². The van der Waals surface area contributed by atoms with Crippen molar-refractivity contribution in [2.45, 2.75) is 88.9 Å². The van der Waals surface area contributed by atoms with Gasteiger partial charge in [-0.2, -0.15) is 0 Å². The van der Waals surface area contributed by atoms with Gasteiger partial charge >= 0.3 is 0 Å². The minimum atomic E-state index is -0.0241. The first-order valence-corrected chi connectivity index (χ1v) is 24.4. The molecule has 0 unspecified atom stereocenters. The van der Waals surface area contributed by atoms with Crippen LogP contribution < -0.4 is 4.90 Å². The lowest BCUT2D eigenvalue weighted by Crippen LogP contribution is -2.29. The quantitative estimate of drug-likeness (QED) is 0.167. The summed E-state index contributed by atoms with van der Waals surface area (Å²) in [5, 5.41) is 5.45. The van der Waals surface area contributed by atoms with Gasteiger partial charge in [-0.3, -0.25) is 0 Å². The molecule has 316 valence electrons. The fourth-order valence-corrected chi connectivity index (χ4v) is 13.5. The molecule has 0 heterocycles. The summed E-state index contributed by atoms with van der Waals surface area (Å²) in [5.41, 5.74) is 23.5. The van der Waals surface area contributed by atoms with Crippen LogP contribution in [-0.2, 0) is 10.8 Å². The van der Waals surface area contributed by atoms with Gasteiger partial charge in [-0.15, -0.1) is 0 Å². The summed E-state index contributed by atoms with van der Waals surface area (Å²) < 4.78 is 0. The number of anilines is 3. The summed E-state index contributed by atoms with van der Waals surface area (Å²) in [5.74, 6) is 0. The van der Waals surface area contributed by atoms with Crippen LogP contribution in [0.2, 0.25) is 0 Å². The topological polar surface area (TPSA) is 3.24 Å². The maximum Gasteiger partial charge on any atom is 0.0490 e. The van der Waals surface area contributed by atoms with Crippen molar-refractivity contribution in [2.24, 2.45) is 0 Å². The number of fused-ring (bicyclic) bond motifs is 14. The van der Waals surface area contributed by atoms with Crippen molar-refractivity contribution in [1.82, 2.24) is 0 Å². The molecule has 2 saturated carbocycles. The second-order valence-corrected chi connectivity index (χ2v) is 19.9. The van der Waals surface area contributed by atoms with Crippen LogP contribution in [0, 0.1) is 13.8 Å². The second-order valence-electron chi connectivity index (χ2n) is 19.9. The Bertz CT molecular complexity index is 3140. The number of aryl methyl sites for hydroxylation is 2. The van der Waals surface area contributed by atoms with E-state index >= 15 is 0 Å². The van der Waals surface area contributed by atoms with Crippen LogP contribution in [0.25, 0.3) is 66.1 Å². The van der Waals surface area contributed by atoms with Crippen molar-refractivity contribution in [3.63, 3.8) is 0 Å². The third kappa shape index (κ3) is 5.77. The number of hydrogen-bond acceptors (Lipinski definition) is 1. The molecule has 4 aliphatic rings. The van der Waals surface area contributed by atoms with E-state index in [4.69, 9.17) is 0 Å². The Kier molecular flexibility index (Phi) is 8.90. The molecule has 0 radical (unpaired) electrons. The molecule has 0 saturated heterocycles. The van der Waals surface area contributed by atoms with Gasteiger partial charge in [-0.05, 0) is 176 Å². The van der Waals surface area contributed by atoms with E-state index in [1.807, 2.05) is 0 Å². The summed E-state index contributed by atoms with van der Waals surface area (Å²) >= 11 is 0. The second kappa shape index (κ2) is 14.9. The summed E-state index contributed by atoms with van der Waals surface area (Å²) in [6, 6.07) is 68.0. The van der Waals surface area contributed by atoms with Gasteiger partial charge in [0.25, 0.3) is 0 Å². The maximum absolute atomic E-state index is 2.63. The minimum Gasteiger partial charge on any atom is -0.310 e. The van der Waals surface area contributed by atoms with E-state index in [0.717, 1.165) is 0 Å². The molecule has 0 atom stereocenters. The number of hydrogen-bond donors (Lipinski definition) is 0. The zero-order valence-electron chi connectivity index (χ0n) is 37.8. The molecular formula is C64H55N. The molecular weight excluding hydrogens is 783 g/mol. The van der Waals surface area contributed by atoms with Gasteiger partial charge < -0.3 is 4.90 Å². The fourth-order valence-electron chi connectivity index (χ4n) is 13.5. The van der Waals surface area contributed by atoms with Crippen LogP contribution in [-0.4, -0.2) is 0 Å². The molecule has 0 N–H and O–H groups in total. The van der Waals surface area contributed by atoms with Gasteiger partial charge in [0, 0.05) is 27.9 Å². The maximum atomic E-state index is 2.63. The fraction of sp³-hybridized carbons (Fsp3) is 0.219. The van der Waals surface area contributed by atoms with Crippen LogP contribution >= 0.6 is 0 Å². The molecule has 9 aromatic carbocycles. The molecule has 2 spiro atoms. The zero-order chi connectivity index (χ0) is 43.3. The van der Waals surface area contributed by atoms with Crippen LogP contribution in [0.5, 0.6) is 0 Å². The van der Waals surface area contributed by atoms with Crippen LogP contribution in [0.4, 0.5) is 17.1 Å². The van der Waals surface area contributed by atoms with Gasteiger partial charge in [-0.1, -0.05) is 178 Å². The standard InChI is InChI=1S/C64H55N/c1-42-27-32-60(43(2)37-42)65(46-28-30-52-56(38-46)63(33-15-5-16-34-63)58-40-54(44-19-7-3-8-20-44)48-23-11-13-25-50(48)61(52)58)47-29-31-53-57(39-47)64(35-17-6-18-36-64)59-41-55(45-21-9-4-10-22-45)49-24-12-14-26-51(49)62(53)59/h3-4,7-14,19-32,37-41H,5-6,15-18,33-36H2,1-2H3. The SMILES string of the molecule is Cc1ccc(N(c2ccc3c(c2)C2(CCCCC2)c2cc(-c4ccccc4)c4ccccc4c2-3)c2ccc3c(c2)C2(CCCCC2)c2cc(-c4ccccc4)c4ccccc4c2-3)c(C)c1. The first kappa shape index (κ1) is 38.7. The smallest absolute Gasteiger partial charge is 0.0490 e. The largest absolute Gasteiger partial charge is 0.310 e. The van der Waals surface area contributed by atoms with Crippen LogP contribution in [0.1, 0.15) is 97.6 Å². The van der Waals surface area contributed by atoms with Crippen LogP contribution in [0.15, 0.2) is 176 Å². The lowest BCUT2D eigenvalue weighted by molar-refractivity contribution is 0.353. The lowest BCUT2D eigenvalue weighted by atomic mass is 9.67. The number of benzene rings is 9. The zero-order valence-corrected chi connectivity index (χ0v) is 37.8. The summed E-state index contributed by atoms with van der Waals surface area (Å²) in [4.78, 5) is 2.62. The molecule has 0 aliphatic heterocycles. The Morgan fingerprint density at radius 1 is 0.354 bits per heavy atom. The molecule has 2 fully saturated rings. The van der Waals surface area contributed by atoms with Crippen molar-refractivity contribution < 1.29 is 0 Å². The van der Waals surface area contributed by atoms with Crippen molar-refractivity contribution in [1.29, 1.82) is 0 Å². The lowest BCUT2D eigenvalue weighted by Gasteiger charge is -2.38. The normalized spacial score (nSPS) is 16.4. The highest BCUT2D eigenvalue weighted by Gasteiger charge is 2.47. The highest BCUT2D eigenvalue weighted by Crippen LogP contribution is 2.62. The Balaban J connectivity index is 1.03. The first-order valence-electron chi connectivity index (χ1n) is 24.4. The van der Waals surface area contributed by atoms with Gasteiger partial charge in [0.2, 0.25) is 0 Å². The average Bonchev–Trinajstić information content (AvgIpc) is 3.77. The number of rotatable bonds is 5. The van der Waals surface area contributed by atoms with E-state index in [-0.39, 0.29) is 10.8 Å². The van der Waals surface area contributed by atoms with E-state index in [1.54, 1.807) is 0 Å². The third-order valence-electron chi connectivity index (χ3n) is 16.4. The highest BCUT2D eigenvalue weighted by molar-refractivity contribution is 6.11. The average molecular weight is 838 g/mol. The molecule has 1 nitrogen and oxygen atoms in total. The third-order valence-corrected chi connectivity index (χ3v) is 16.4. The Labute approximate surface area is 384 Å². The van der Waals surface area contributed by atoms with Crippen LogP contribution in [0.3, 0.4) is 0 Å². The summed E-state index contributed by atoms with van der Waals surface area (Å²) in [6.07, 6.45) is 12.4. The van der Waals surface area contributed by atoms with E-state index in [0.29, 0.717) is 0 Å². The van der Waals surface area contributed by atoms with Crippen molar-refractivity contribution in [3.8, 4) is 44.5 Å². The summed E-state index contributed by atoms with van der Waals surface area (Å²) in [7, 11) is 0. The van der Waals surface area contributed by atoms with Gasteiger partial charge in [0.1, 0.15) is 0 Å². The first-order chi connectivity index (χ1) is 32.0. The van der Waals surface area contributed by atoms with E-state index in [1.165, 1.54) is 181 Å².